The van der Waals surface area contributed by atoms with Gasteiger partial charge in [-0.05, 0) is 11.1 Å². The van der Waals surface area contributed by atoms with Gasteiger partial charge >= 0.3 is 6.03 Å². The van der Waals surface area contributed by atoms with Gasteiger partial charge in [-0.3, -0.25) is 14.7 Å². The quantitative estimate of drug-likeness (QED) is 0.232. The molecule has 0 spiro atoms. The van der Waals surface area contributed by atoms with Crippen molar-refractivity contribution in [1.82, 2.24) is 20.9 Å². The number of benzene rings is 2. The zero-order valence-corrected chi connectivity index (χ0v) is 18.6. The molecule has 1 saturated heterocycles. The van der Waals surface area contributed by atoms with Crippen LogP contribution in [-0.2, 0) is 4.79 Å². The Morgan fingerprint density at radius 3 is 2.10 bits per heavy atom. The molecule has 2 aromatic carbocycles. The van der Waals surface area contributed by atoms with Crippen LogP contribution in [0.25, 0.3) is 0 Å². The molecule has 3 rings (SSSR count). The first kappa shape index (κ1) is 22.7. The van der Waals surface area contributed by atoms with Gasteiger partial charge in [0.2, 0.25) is 5.91 Å². The highest BCUT2D eigenvalue weighted by Gasteiger charge is 2.27. The van der Waals surface area contributed by atoms with E-state index in [-0.39, 0.29) is 48.4 Å². The number of hydrogen-bond acceptors (Lipinski definition) is 3. The van der Waals surface area contributed by atoms with E-state index in [1.807, 2.05) is 36.4 Å². The van der Waals surface area contributed by atoms with Crippen molar-refractivity contribution in [2.75, 3.05) is 33.2 Å². The number of aliphatic imine (C=N–C) groups is 1. The summed E-state index contributed by atoms with van der Waals surface area (Å²) in [6.45, 7) is 1.46. The first-order valence-corrected chi connectivity index (χ1v) is 9.31. The number of urea groups is 1. The van der Waals surface area contributed by atoms with Crippen LogP contribution in [0, 0.1) is 0 Å². The zero-order valence-electron chi connectivity index (χ0n) is 16.3. The van der Waals surface area contributed by atoms with E-state index in [0.29, 0.717) is 25.6 Å². The van der Waals surface area contributed by atoms with Crippen molar-refractivity contribution in [3.05, 3.63) is 71.8 Å². The standard InChI is InChI=1S/C21H25N5O2.HI/c1-22-20(23-12-13-26-19(27)15-25-21(26)28)24-14-18(16-8-4-2-5-9-16)17-10-6-3-7-11-17;/h2-11,18H,12-15H2,1H3,(H,25,28)(H2,22,23,24);1H. The van der Waals surface area contributed by atoms with Gasteiger partial charge in [0.05, 0.1) is 6.54 Å². The molecule has 0 radical (unpaired) electrons. The Kier molecular flexibility index (Phi) is 8.91. The molecular formula is C21H26IN5O2. The molecule has 0 aliphatic carbocycles. The normalized spacial score (nSPS) is 13.9. The Morgan fingerprint density at radius 2 is 1.62 bits per heavy atom. The minimum absolute atomic E-state index is 0. The first-order chi connectivity index (χ1) is 13.7. The number of rotatable bonds is 7. The fourth-order valence-electron chi connectivity index (χ4n) is 3.19. The van der Waals surface area contributed by atoms with Crippen LogP contribution in [-0.4, -0.2) is 56.0 Å². The van der Waals surface area contributed by atoms with Crippen molar-refractivity contribution in [2.24, 2.45) is 4.99 Å². The number of nitrogens with zero attached hydrogens (tertiary/aromatic N) is 2. The van der Waals surface area contributed by atoms with E-state index in [9.17, 15) is 9.59 Å². The Morgan fingerprint density at radius 1 is 1.03 bits per heavy atom. The highest BCUT2D eigenvalue weighted by Crippen LogP contribution is 2.23. The highest BCUT2D eigenvalue weighted by molar-refractivity contribution is 14.0. The van der Waals surface area contributed by atoms with Crippen molar-refractivity contribution in [3.63, 3.8) is 0 Å². The lowest BCUT2D eigenvalue weighted by Gasteiger charge is -2.21. The van der Waals surface area contributed by atoms with Crippen LogP contribution < -0.4 is 16.0 Å². The third-order valence-electron chi connectivity index (χ3n) is 4.67. The van der Waals surface area contributed by atoms with E-state index in [1.54, 1.807) is 7.05 Å². The molecule has 29 heavy (non-hydrogen) atoms. The monoisotopic (exact) mass is 507 g/mol. The molecule has 3 amide bonds. The third-order valence-corrected chi connectivity index (χ3v) is 4.67. The average molecular weight is 507 g/mol. The lowest BCUT2D eigenvalue weighted by molar-refractivity contribution is -0.124. The van der Waals surface area contributed by atoms with Gasteiger partial charge in [0.15, 0.2) is 5.96 Å². The molecule has 3 N–H and O–H groups in total. The molecule has 0 bridgehead atoms. The Hall–Kier alpha value is -2.62. The Balaban J connectivity index is 0.00000300. The second-order valence-electron chi connectivity index (χ2n) is 6.46. The number of halogens is 1. The number of guanidine groups is 1. The third kappa shape index (κ3) is 6.18. The molecule has 7 nitrogen and oxygen atoms in total. The minimum Gasteiger partial charge on any atom is -0.355 e. The van der Waals surface area contributed by atoms with E-state index in [2.05, 4.69) is 45.2 Å². The molecule has 0 atom stereocenters. The van der Waals surface area contributed by atoms with Crippen molar-refractivity contribution >= 4 is 41.9 Å². The molecule has 1 aliphatic rings. The van der Waals surface area contributed by atoms with Gasteiger partial charge < -0.3 is 16.0 Å². The van der Waals surface area contributed by atoms with Crippen LogP contribution in [0.2, 0.25) is 0 Å². The molecular weight excluding hydrogens is 481 g/mol. The molecule has 0 unspecified atom stereocenters. The topological polar surface area (TPSA) is 85.8 Å². The summed E-state index contributed by atoms with van der Waals surface area (Å²) in [6.07, 6.45) is 0. The maximum atomic E-state index is 11.6. The van der Waals surface area contributed by atoms with Crippen molar-refractivity contribution in [3.8, 4) is 0 Å². The Bertz CT molecular complexity index is 774. The Labute approximate surface area is 188 Å². The molecule has 1 fully saturated rings. The SMILES string of the molecule is CN=C(NCCN1C(=O)CNC1=O)NCC(c1ccccc1)c1ccccc1.I. The summed E-state index contributed by atoms with van der Waals surface area (Å²) in [4.78, 5) is 28.7. The number of imide groups is 1. The van der Waals surface area contributed by atoms with Crippen LogP contribution in [0.1, 0.15) is 17.0 Å². The highest BCUT2D eigenvalue weighted by atomic mass is 127. The number of nitrogens with one attached hydrogen (secondary N) is 3. The van der Waals surface area contributed by atoms with Crippen LogP contribution in [0.3, 0.4) is 0 Å². The number of carbonyl (C=O) groups excluding carboxylic acids is 2. The summed E-state index contributed by atoms with van der Waals surface area (Å²) in [5.41, 5.74) is 2.44. The van der Waals surface area contributed by atoms with Gasteiger partial charge in [-0.25, -0.2) is 4.79 Å². The smallest absolute Gasteiger partial charge is 0.324 e. The summed E-state index contributed by atoms with van der Waals surface area (Å²) in [5.74, 6) is 0.596. The van der Waals surface area contributed by atoms with Crippen LogP contribution in [0.5, 0.6) is 0 Å². The molecule has 1 aliphatic heterocycles. The summed E-state index contributed by atoms with van der Waals surface area (Å²) in [6, 6.07) is 20.3. The van der Waals surface area contributed by atoms with Crippen molar-refractivity contribution in [2.45, 2.75) is 5.92 Å². The molecule has 2 aromatic rings. The average Bonchev–Trinajstić information content (AvgIpc) is 3.06. The number of amides is 3. The van der Waals surface area contributed by atoms with Gasteiger partial charge in [-0.15, -0.1) is 24.0 Å². The maximum Gasteiger partial charge on any atom is 0.324 e. The van der Waals surface area contributed by atoms with Crippen LogP contribution in [0.4, 0.5) is 4.79 Å². The second-order valence-corrected chi connectivity index (χ2v) is 6.46. The van der Waals surface area contributed by atoms with Gasteiger partial charge in [-0.2, -0.15) is 0 Å². The predicted octanol–water partition coefficient (Wildman–Crippen LogP) is 2.15. The summed E-state index contributed by atoms with van der Waals surface area (Å²) < 4.78 is 0. The fourth-order valence-corrected chi connectivity index (χ4v) is 3.19. The van der Waals surface area contributed by atoms with E-state index < -0.39 is 0 Å². The van der Waals surface area contributed by atoms with Gasteiger partial charge in [0.25, 0.3) is 0 Å². The fraction of sp³-hybridized carbons (Fsp3) is 0.286. The van der Waals surface area contributed by atoms with Crippen LogP contribution in [0.15, 0.2) is 65.7 Å². The van der Waals surface area contributed by atoms with E-state index in [1.165, 1.54) is 16.0 Å². The number of carbonyl (C=O) groups is 2. The summed E-state index contributed by atoms with van der Waals surface area (Å²) in [7, 11) is 1.70. The predicted molar refractivity (Wildman–Crippen MR) is 125 cm³/mol. The van der Waals surface area contributed by atoms with Gasteiger partial charge in [-0.1, -0.05) is 60.7 Å². The first-order valence-electron chi connectivity index (χ1n) is 9.31. The zero-order chi connectivity index (χ0) is 19.8. The summed E-state index contributed by atoms with van der Waals surface area (Å²) >= 11 is 0. The largest absolute Gasteiger partial charge is 0.355 e. The van der Waals surface area contributed by atoms with Crippen LogP contribution >= 0.6 is 24.0 Å². The second kappa shape index (κ2) is 11.4. The van der Waals surface area contributed by atoms with Crippen molar-refractivity contribution < 1.29 is 9.59 Å². The number of hydrogen-bond donors (Lipinski definition) is 3. The molecule has 0 aromatic heterocycles. The van der Waals surface area contributed by atoms with Crippen molar-refractivity contribution in [1.29, 1.82) is 0 Å². The van der Waals surface area contributed by atoms with Gasteiger partial charge in [0.1, 0.15) is 0 Å². The molecule has 154 valence electrons. The lowest BCUT2D eigenvalue weighted by Crippen LogP contribution is -2.44. The molecule has 0 saturated carbocycles. The van der Waals surface area contributed by atoms with Gasteiger partial charge in [0, 0.05) is 32.6 Å². The summed E-state index contributed by atoms with van der Waals surface area (Å²) in [5, 5.41) is 9.02. The van der Waals surface area contributed by atoms with E-state index >= 15 is 0 Å². The minimum atomic E-state index is -0.344. The maximum absolute atomic E-state index is 11.6. The van der Waals surface area contributed by atoms with E-state index in [4.69, 9.17) is 0 Å². The van der Waals surface area contributed by atoms with E-state index in [0.717, 1.165) is 0 Å². The molecule has 1 heterocycles. The molecule has 8 heteroatoms. The lowest BCUT2D eigenvalue weighted by atomic mass is 9.91.